The number of carbonyl (C=O) groups excluding carboxylic acids is 1. The molecular weight excluding hydrogens is 216 g/mol. The highest BCUT2D eigenvalue weighted by atomic mass is 16.5. The van der Waals surface area contributed by atoms with Crippen LogP contribution in [0.3, 0.4) is 0 Å². The molecule has 4 heteroatoms. The van der Waals surface area contributed by atoms with Gasteiger partial charge < -0.3 is 15.8 Å². The van der Waals surface area contributed by atoms with E-state index in [0.717, 1.165) is 11.3 Å². The summed E-state index contributed by atoms with van der Waals surface area (Å²) in [6, 6.07) is 7.58. The van der Waals surface area contributed by atoms with Gasteiger partial charge in [0.1, 0.15) is 0 Å². The van der Waals surface area contributed by atoms with Crippen LogP contribution in [0.1, 0.15) is 25.8 Å². The number of hydrogen-bond donors (Lipinski definition) is 2. The smallest absolute Gasteiger partial charge is 0.226 e. The van der Waals surface area contributed by atoms with Crippen molar-refractivity contribution in [2.75, 3.05) is 12.4 Å². The van der Waals surface area contributed by atoms with Crippen molar-refractivity contribution < 1.29 is 9.53 Å². The molecule has 0 aliphatic rings. The first kappa shape index (κ1) is 13.7. The zero-order valence-corrected chi connectivity index (χ0v) is 10.6. The van der Waals surface area contributed by atoms with Crippen LogP contribution in [0.4, 0.5) is 5.69 Å². The van der Waals surface area contributed by atoms with Gasteiger partial charge in [0.25, 0.3) is 0 Å². The average molecular weight is 236 g/mol. The molecule has 1 aromatic rings. The molecule has 0 fully saturated rings. The summed E-state index contributed by atoms with van der Waals surface area (Å²) in [5.41, 5.74) is 7.09. The highest BCUT2D eigenvalue weighted by Crippen LogP contribution is 2.13. The topological polar surface area (TPSA) is 64.3 Å². The molecule has 0 aliphatic carbocycles. The normalized spacial score (nSPS) is 11.3. The molecule has 1 amide bonds. The Balaban J connectivity index is 2.62. The van der Waals surface area contributed by atoms with Gasteiger partial charge in [0, 0.05) is 24.8 Å². The molecule has 94 valence electrons. The van der Waals surface area contributed by atoms with Crippen molar-refractivity contribution in [3.63, 3.8) is 0 Å². The van der Waals surface area contributed by atoms with Gasteiger partial charge in [0.2, 0.25) is 5.91 Å². The minimum atomic E-state index is -0.492. The molecule has 0 atom stereocenters. The molecule has 0 saturated heterocycles. The zero-order chi connectivity index (χ0) is 12.9. The van der Waals surface area contributed by atoms with Crippen molar-refractivity contribution in [1.29, 1.82) is 0 Å². The molecular formula is C13H20N2O2. The summed E-state index contributed by atoms with van der Waals surface area (Å²) < 4.78 is 5.04. The SMILES string of the molecule is COCc1cccc(NC(=O)CC(C)(C)N)c1. The summed E-state index contributed by atoms with van der Waals surface area (Å²) in [5.74, 6) is -0.0768. The molecule has 0 aromatic heterocycles. The Morgan fingerprint density at radius 3 is 2.76 bits per heavy atom. The lowest BCUT2D eigenvalue weighted by atomic mass is 10.0. The number of benzene rings is 1. The van der Waals surface area contributed by atoms with E-state index < -0.39 is 5.54 Å². The monoisotopic (exact) mass is 236 g/mol. The molecule has 0 spiro atoms. The van der Waals surface area contributed by atoms with Gasteiger partial charge in [-0.1, -0.05) is 12.1 Å². The summed E-state index contributed by atoms with van der Waals surface area (Å²) in [5, 5.41) is 2.82. The second-order valence-corrected chi connectivity index (χ2v) is 4.85. The fourth-order valence-corrected chi connectivity index (χ4v) is 1.52. The van der Waals surface area contributed by atoms with E-state index in [1.807, 2.05) is 38.1 Å². The van der Waals surface area contributed by atoms with Crippen molar-refractivity contribution in [2.24, 2.45) is 5.73 Å². The molecule has 0 aliphatic heterocycles. The second kappa shape index (κ2) is 5.80. The number of nitrogens with one attached hydrogen (secondary N) is 1. The number of hydrogen-bond acceptors (Lipinski definition) is 3. The first-order valence-corrected chi connectivity index (χ1v) is 5.57. The Bertz CT molecular complexity index is 383. The Morgan fingerprint density at radius 1 is 1.47 bits per heavy atom. The van der Waals surface area contributed by atoms with Crippen LogP contribution in [-0.4, -0.2) is 18.6 Å². The predicted octanol–water partition coefficient (Wildman–Crippen LogP) is 1.90. The number of nitrogens with two attached hydrogens (primary N) is 1. The van der Waals surface area contributed by atoms with Crippen LogP contribution >= 0.6 is 0 Å². The summed E-state index contributed by atoms with van der Waals surface area (Å²) >= 11 is 0. The second-order valence-electron chi connectivity index (χ2n) is 4.85. The number of carbonyl (C=O) groups is 1. The van der Waals surface area contributed by atoms with Gasteiger partial charge in [-0.15, -0.1) is 0 Å². The summed E-state index contributed by atoms with van der Waals surface area (Å²) in [6.07, 6.45) is 0.293. The minimum absolute atomic E-state index is 0.0768. The fourth-order valence-electron chi connectivity index (χ4n) is 1.52. The Hall–Kier alpha value is -1.39. The van der Waals surface area contributed by atoms with Crippen LogP contribution in [0.2, 0.25) is 0 Å². The van der Waals surface area contributed by atoms with Crippen molar-refractivity contribution in [1.82, 2.24) is 0 Å². The van der Waals surface area contributed by atoms with Gasteiger partial charge >= 0.3 is 0 Å². The van der Waals surface area contributed by atoms with Gasteiger partial charge in [0.05, 0.1) is 6.61 Å². The minimum Gasteiger partial charge on any atom is -0.380 e. The van der Waals surface area contributed by atoms with Crippen LogP contribution in [0, 0.1) is 0 Å². The molecule has 0 unspecified atom stereocenters. The van der Waals surface area contributed by atoms with Crippen molar-refractivity contribution in [3.8, 4) is 0 Å². The summed E-state index contributed by atoms with van der Waals surface area (Å²) in [6.45, 7) is 4.19. The van der Waals surface area contributed by atoms with Crippen LogP contribution in [0.5, 0.6) is 0 Å². The maximum atomic E-state index is 11.7. The highest BCUT2D eigenvalue weighted by molar-refractivity contribution is 5.91. The van der Waals surface area contributed by atoms with E-state index in [2.05, 4.69) is 5.32 Å². The summed E-state index contributed by atoms with van der Waals surface area (Å²) in [7, 11) is 1.64. The van der Waals surface area contributed by atoms with E-state index >= 15 is 0 Å². The first-order chi connectivity index (χ1) is 7.90. The number of amides is 1. The largest absolute Gasteiger partial charge is 0.380 e. The van der Waals surface area contributed by atoms with Crippen LogP contribution < -0.4 is 11.1 Å². The number of ether oxygens (including phenoxy) is 1. The molecule has 0 bridgehead atoms. The molecule has 1 rings (SSSR count). The maximum Gasteiger partial charge on any atom is 0.226 e. The third-order valence-electron chi connectivity index (χ3n) is 2.14. The molecule has 0 saturated carbocycles. The quantitative estimate of drug-likeness (QED) is 0.820. The fraction of sp³-hybridized carbons (Fsp3) is 0.462. The van der Waals surface area contributed by atoms with Crippen LogP contribution in [0.15, 0.2) is 24.3 Å². The lowest BCUT2D eigenvalue weighted by molar-refractivity contribution is -0.117. The van der Waals surface area contributed by atoms with E-state index in [1.165, 1.54) is 0 Å². The Kier molecular flexibility index (Phi) is 4.66. The number of methoxy groups -OCH3 is 1. The van der Waals surface area contributed by atoms with E-state index in [-0.39, 0.29) is 5.91 Å². The van der Waals surface area contributed by atoms with Gasteiger partial charge in [-0.25, -0.2) is 0 Å². The third kappa shape index (κ3) is 5.47. The maximum absolute atomic E-state index is 11.7. The molecule has 1 aromatic carbocycles. The van der Waals surface area contributed by atoms with Crippen LogP contribution in [0.25, 0.3) is 0 Å². The molecule has 17 heavy (non-hydrogen) atoms. The molecule has 4 nitrogen and oxygen atoms in total. The van der Waals surface area contributed by atoms with Gasteiger partial charge in [-0.3, -0.25) is 4.79 Å². The standard InChI is InChI=1S/C13H20N2O2/c1-13(2,14)8-12(16)15-11-6-4-5-10(7-11)9-17-3/h4-7H,8-9,14H2,1-3H3,(H,15,16). The van der Waals surface area contributed by atoms with Crippen molar-refractivity contribution in [3.05, 3.63) is 29.8 Å². The van der Waals surface area contributed by atoms with Gasteiger partial charge in [0.15, 0.2) is 0 Å². The lowest BCUT2D eigenvalue weighted by Gasteiger charge is -2.17. The van der Waals surface area contributed by atoms with Gasteiger partial charge in [-0.2, -0.15) is 0 Å². The van der Waals surface area contributed by atoms with Crippen molar-refractivity contribution in [2.45, 2.75) is 32.4 Å². The Morgan fingerprint density at radius 2 is 2.18 bits per heavy atom. The van der Waals surface area contributed by atoms with E-state index in [9.17, 15) is 4.79 Å². The molecule has 3 N–H and O–H groups in total. The third-order valence-corrected chi connectivity index (χ3v) is 2.14. The zero-order valence-electron chi connectivity index (χ0n) is 10.6. The van der Waals surface area contributed by atoms with Gasteiger partial charge in [-0.05, 0) is 31.5 Å². The molecule has 0 heterocycles. The van der Waals surface area contributed by atoms with Crippen LogP contribution in [-0.2, 0) is 16.1 Å². The number of rotatable bonds is 5. The molecule has 0 radical (unpaired) electrons. The lowest BCUT2D eigenvalue weighted by Crippen LogP contribution is -2.36. The predicted molar refractivity (Wildman–Crippen MR) is 68.7 cm³/mol. The van der Waals surface area contributed by atoms with E-state index in [4.69, 9.17) is 10.5 Å². The summed E-state index contributed by atoms with van der Waals surface area (Å²) in [4.78, 5) is 11.7. The van der Waals surface area contributed by atoms with Crippen molar-refractivity contribution >= 4 is 11.6 Å². The first-order valence-electron chi connectivity index (χ1n) is 5.57. The van der Waals surface area contributed by atoms with E-state index in [1.54, 1.807) is 7.11 Å². The highest BCUT2D eigenvalue weighted by Gasteiger charge is 2.16. The van der Waals surface area contributed by atoms with E-state index in [0.29, 0.717) is 13.0 Å². The average Bonchev–Trinajstić information content (AvgIpc) is 2.15. The number of anilines is 1. The Labute approximate surface area is 102 Å².